The van der Waals surface area contributed by atoms with E-state index in [1.807, 2.05) is 0 Å². The number of benzene rings is 1. The van der Waals surface area contributed by atoms with Crippen LogP contribution in [0.1, 0.15) is 0 Å². The average molecular weight is 225 g/mol. The van der Waals surface area contributed by atoms with Crippen LogP contribution in [0.25, 0.3) is 0 Å². The summed E-state index contributed by atoms with van der Waals surface area (Å²) in [5.41, 5.74) is 0. The largest absolute Gasteiger partial charge is 0.452 e. The average Bonchev–Trinajstić information content (AvgIpc) is 2.27. The molecular formula is C11H6F3NO. The number of nitrogens with zero attached hydrogens (tertiary/aromatic N) is 1. The minimum Gasteiger partial charge on any atom is -0.452 e. The van der Waals surface area contributed by atoms with E-state index in [0.717, 1.165) is 24.4 Å². The van der Waals surface area contributed by atoms with Crippen LogP contribution in [0.5, 0.6) is 11.5 Å². The summed E-state index contributed by atoms with van der Waals surface area (Å²) >= 11 is 0. The molecule has 16 heavy (non-hydrogen) atoms. The van der Waals surface area contributed by atoms with E-state index >= 15 is 0 Å². The van der Waals surface area contributed by atoms with Crippen molar-refractivity contribution in [3.05, 3.63) is 54.1 Å². The van der Waals surface area contributed by atoms with E-state index in [4.69, 9.17) is 4.74 Å². The normalized spacial score (nSPS) is 10.2. The molecule has 0 unspecified atom stereocenters. The molecule has 0 atom stereocenters. The molecule has 0 saturated carbocycles. The van der Waals surface area contributed by atoms with Gasteiger partial charge in [-0.1, -0.05) is 0 Å². The molecule has 0 saturated heterocycles. The van der Waals surface area contributed by atoms with Gasteiger partial charge in [0.2, 0.25) is 0 Å². The van der Waals surface area contributed by atoms with Crippen LogP contribution in [-0.4, -0.2) is 4.98 Å². The highest BCUT2D eigenvalue weighted by molar-refractivity contribution is 5.30. The van der Waals surface area contributed by atoms with Gasteiger partial charge in [0.1, 0.15) is 17.4 Å². The summed E-state index contributed by atoms with van der Waals surface area (Å²) in [6, 6.07) is 5.78. The number of hydrogen-bond donors (Lipinski definition) is 0. The number of hydrogen-bond acceptors (Lipinski definition) is 2. The van der Waals surface area contributed by atoms with Crippen molar-refractivity contribution < 1.29 is 17.9 Å². The lowest BCUT2D eigenvalue weighted by Crippen LogP contribution is -1.92. The lowest BCUT2D eigenvalue weighted by molar-refractivity contribution is 0.420. The predicted octanol–water partition coefficient (Wildman–Crippen LogP) is 3.29. The summed E-state index contributed by atoms with van der Waals surface area (Å²) in [5.74, 6) is -2.21. The Balaban J connectivity index is 2.26. The molecule has 0 N–H and O–H groups in total. The third kappa shape index (κ3) is 2.31. The van der Waals surface area contributed by atoms with E-state index in [1.54, 1.807) is 0 Å². The van der Waals surface area contributed by atoms with Crippen LogP contribution in [-0.2, 0) is 0 Å². The van der Waals surface area contributed by atoms with Crippen LogP contribution in [0.4, 0.5) is 13.2 Å². The molecule has 0 aliphatic heterocycles. The van der Waals surface area contributed by atoms with Crippen molar-refractivity contribution in [1.82, 2.24) is 4.98 Å². The van der Waals surface area contributed by atoms with Gasteiger partial charge < -0.3 is 4.74 Å². The van der Waals surface area contributed by atoms with Crippen LogP contribution in [0.15, 0.2) is 36.5 Å². The highest BCUT2D eigenvalue weighted by Gasteiger charge is 2.07. The first-order valence-electron chi connectivity index (χ1n) is 4.39. The van der Waals surface area contributed by atoms with E-state index in [0.29, 0.717) is 0 Å². The molecule has 0 bridgehead atoms. The van der Waals surface area contributed by atoms with Crippen molar-refractivity contribution in [1.29, 1.82) is 0 Å². The maximum Gasteiger partial charge on any atom is 0.256 e. The molecule has 2 nitrogen and oxygen atoms in total. The summed E-state index contributed by atoms with van der Waals surface area (Å²) in [7, 11) is 0. The lowest BCUT2D eigenvalue weighted by atomic mass is 10.3. The Bertz CT molecular complexity index is 499. The molecule has 0 radical (unpaired) electrons. The van der Waals surface area contributed by atoms with Crippen LogP contribution in [0, 0.1) is 17.6 Å². The van der Waals surface area contributed by atoms with Gasteiger partial charge in [-0.15, -0.1) is 0 Å². The Morgan fingerprint density at radius 2 is 1.62 bits per heavy atom. The topological polar surface area (TPSA) is 22.1 Å². The minimum absolute atomic E-state index is 0.202. The van der Waals surface area contributed by atoms with Gasteiger partial charge in [0.25, 0.3) is 5.95 Å². The standard InChI is InChI=1S/C11H6F3NO/c12-7-1-3-9(4-2-7)16-10-5-8(13)6-15-11(10)14/h1-6H. The second-order valence-corrected chi connectivity index (χ2v) is 3.00. The Labute approximate surface area is 89.3 Å². The molecule has 82 valence electrons. The van der Waals surface area contributed by atoms with Crippen molar-refractivity contribution in [3.8, 4) is 11.5 Å². The molecular weight excluding hydrogens is 219 g/mol. The van der Waals surface area contributed by atoms with E-state index in [9.17, 15) is 13.2 Å². The van der Waals surface area contributed by atoms with E-state index in [2.05, 4.69) is 4.98 Å². The SMILES string of the molecule is Fc1ccc(Oc2cc(F)cnc2F)cc1. The second kappa shape index (κ2) is 4.22. The molecule has 2 aromatic rings. The van der Waals surface area contributed by atoms with Crippen molar-refractivity contribution in [2.75, 3.05) is 0 Å². The first-order valence-corrected chi connectivity index (χ1v) is 4.39. The molecule has 1 heterocycles. The second-order valence-electron chi connectivity index (χ2n) is 3.00. The smallest absolute Gasteiger partial charge is 0.256 e. The molecule has 1 aromatic carbocycles. The zero-order chi connectivity index (χ0) is 11.5. The summed E-state index contributed by atoms with van der Waals surface area (Å²) < 4.78 is 43.4. The molecule has 2 rings (SSSR count). The third-order valence-corrected chi connectivity index (χ3v) is 1.81. The minimum atomic E-state index is -0.925. The Kier molecular flexibility index (Phi) is 2.76. The van der Waals surface area contributed by atoms with E-state index in [-0.39, 0.29) is 11.5 Å². The quantitative estimate of drug-likeness (QED) is 0.731. The zero-order valence-electron chi connectivity index (χ0n) is 7.95. The highest BCUT2D eigenvalue weighted by Crippen LogP contribution is 2.23. The summed E-state index contributed by atoms with van der Waals surface area (Å²) in [5, 5.41) is 0. The number of ether oxygens (including phenoxy) is 1. The number of halogens is 3. The monoisotopic (exact) mass is 225 g/mol. The molecule has 0 fully saturated rings. The fourth-order valence-electron chi connectivity index (χ4n) is 1.11. The Morgan fingerprint density at radius 1 is 0.938 bits per heavy atom. The fraction of sp³-hybridized carbons (Fsp3) is 0. The molecule has 0 aliphatic rings. The molecule has 5 heteroatoms. The van der Waals surface area contributed by atoms with Crippen molar-refractivity contribution >= 4 is 0 Å². The predicted molar refractivity (Wildman–Crippen MR) is 50.6 cm³/mol. The summed E-state index contributed by atoms with van der Waals surface area (Å²) in [6.07, 6.45) is 0.743. The number of rotatable bonds is 2. The van der Waals surface area contributed by atoms with Crippen molar-refractivity contribution in [2.24, 2.45) is 0 Å². The first kappa shape index (κ1) is 10.5. The van der Waals surface area contributed by atoms with Crippen molar-refractivity contribution in [3.63, 3.8) is 0 Å². The van der Waals surface area contributed by atoms with Gasteiger partial charge in [-0.2, -0.15) is 4.39 Å². The molecule has 1 aromatic heterocycles. The number of aromatic nitrogens is 1. The molecule has 0 aliphatic carbocycles. The van der Waals surface area contributed by atoms with Gasteiger partial charge in [0.05, 0.1) is 6.20 Å². The summed E-state index contributed by atoms with van der Waals surface area (Å²) in [6.45, 7) is 0. The van der Waals surface area contributed by atoms with Gasteiger partial charge in [0, 0.05) is 6.07 Å². The third-order valence-electron chi connectivity index (χ3n) is 1.81. The maximum absolute atomic E-state index is 13.1. The van der Waals surface area contributed by atoms with Crippen LogP contribution in [0.2, 0.25) is 0 Å². The Morgan fingerprint density at radius 3 is 2.31 bits per heavy atom. The fourth-order valence-corrected chi connectivity index (χ4v) is 1.11. The molecule has 0 spiro atoms. The van der Waals surface area contributed by atoms with Crippen molar-refractivity contribution in [2.45, 2.75) is 0 Å². The first-order chi connectivity index (χ1) is 7.65. The van der Waals surface area contributed by atoms with Gasteiger partial charge in [-0.3, -0.25) is 0 Å². The van der Waals surface area contributed by atoms with Gasteiger partial charge in [-0.25, -0.2) is 13.8 Å². The molecule has 0 amide bonds. The van der Waals surface area contributed by atoms with E-state index < -0.39 is 17.6 Å². The van der Waals surface area contributed by atoms with E-state index in [1.165, 1.54) is 12.1 Å². The van der Waals surface area contributed by atoms with Crippen LogP contribution >= 0.6 is 0 Å². The van der Waals surface area contributed by atoms with Crippen LogP contribution < -0.4 is 4.74 Å². The lowest BCUT2D eigenvalue weighted by Gasteiger charge is -2.05. The summed E-state index contributed by atoms with van der Waals surface area (Å²) in [4.78, 5) is 3.15. The number of pyridine rings is 1. The zero-order valence-corrected chi connectivity index (χ0v) is 7.95. The van der Waals surface area contributed by atoms with Crippen LogP contribution in [0.3, 0.4) is 0 Å². The van der Waals surface area contributed by atoms with Gasteiger partial charge >= 0.3 is 0 Å². The Hall–Kier alpha value is -2.04. The maximum atomic E-state index is 13.1. The van der Waals surface area contributed by atoms with Gasteiger partial charge in [-0.05, 0) is 24.3 Å². The highest BCUT2D eigenvalue weighted by atomic mass is 19.1. The van der Waals surface area contributed by atoms with Gasteiger partial charge in [0.15, 0.2) is 5.75 Å².